The van der Waals surface area contributed by atoms with Crippen LogP contribution in [0.1, 0.15) is 31.9 Å². The maximum absolute atomic E-state index is 10.6. The van der Waals surface area contributed by atoms with Crippen LogP contribution in [0.15, 0.2) is 40.9 Å². The van der Waals surface area contributed by atoms with Gasteiger partial charge in [0.1, 0.15) is 0 Å². The molecule has 0 amide bonds. The van der Waals surface area contributed by atoms with E-state index < -0.39 is 6.10 Å². The van der Waals surface area contributed by atoms with E-state index in [2.05, 4.69) is 54.0 Å². The predicted molar refractivity (Wildman–Crippen MR) is 88.6 cm³/mol. The molecule has 2 aromatic rings. The smallest absolute Gasteiger partial charge is 0.0830 e. The van der Waals surface area contributed by atoms with E-state index in [1.807, 2.05) is 12.1 Å². The second-order valence-corrected chi connectivity index (χ2v) is 6.74. The number of hydrogen-bond acceptors (Lipinski definition) is 2. The summed E-state index contributed by atoms with van der Waals surface area (Å²) < 4.78 is 1.07. The second kappa shape index (κ2) is 6.70. The van der Waals surface area contributed by atoms with Crippen LogP contribution in [0.25, 0.3) is 10.8 Å². The van der Waals surface area contributed by atoms with Crippen molar-refractivity contribution < 1.29 is 5.11 Å². The van der Waals surface area contributed by atoms with Crippen LogP contribution < -0.4 is 5.73 Å². The van der Waals surface area contributed by atoms with Crippen molar-refractivity contribution in [1.29, 1.82) is 0 Å². The summed E-state index contributed by atoms with van der Waals surface area (Å²) in [6.07, 6.45) is 0.450. The first-order valence-electron chi connectivity index (χ1n) is 7.08. The number of halogens is 1. The number of rotatable bonds is 5. The highest BCUT2D eigenvalue weighted by Gasteiger charge is 2.20. The quantitative estimate of drug-likeness (QED) is 0.857. The van der Waals surface area contributed by atoms with E-state index in [4.69, 9.17) is 5.73 Å². The number of hydrogen-bond donors (Lipinski definition) is 2. The third-order valence-electron chi connectivity index (χ3n) is 3.69. The molecule has 0 radical (unpaired) electrons. The van der Waals surface area contributed by atoms with Crippen LogP contribution in [0.5, 0.6) is 0 Å². The minimum absolute atomic E-state index is 0.114. The van der Waals surface area contributed by atoms with Gasteiger partial charge in [0.05, 0.1) is 6.10 Å². The van der Waals surface area contributed by atoms with Crippen molar-refractivity contribution in [2.45, 2.75) is 26.4 Å². The maximum Gasteiger partial charge on any atom is 0.0830 e. The molecule has 0 saturated heterocycles. The highest BCUT2D eigenvalue weighted by Crippen LogP contribution is 2.29. The van der Waals surface area contributed by atoms with Gasteiger partial charge in [-0.05, 0) is 53.4 Å². The number of fused-ring (bicyclic) bond motifs is 1. The van der Waals surface area contributed by atoms with Crippen molar-refractivity contribution >= 4 is 26.7 Å². The van der Waals surface area contributed by atoms with Crippen LogP contribution in [0.3, 0.4) is 0 Å². The standard InChI is InChI=1S/C17H22BrNO/c1-11(2)7-15(10-19)17(20)14-4-3-13-9-16(18)6-5-12(13)8-14/h3-6,8-9,11,15,17,20H,7,10,19H2,1-2H3. The third-order valence-corrected chi connectivity index (χ3v) is 4.18. The number of aliphatic hydroxyl groups is 1. The molecule has 0 spiro atoms. The molecule has 20 heavy (non-hydrogen) atoms. The van der Waals surface area contributed by atoms with Gasteiger partial charge in [0.25, 0.3) is 0 Å². The lowest BCUT2D eigenvalue weighted by molar-refractivity contribution is 0.0996. The number of benzene rings is 2. The van der Waals surface area contributed by atoms with Crippen LogP contribution in [0, 0.1) is 11.8 Å². The summed E-state index contributed by atoms with van der Waals surface area (Å²) in [7, 11) is 0. The van der Waals surface area contributed by atoms with E-state index in [0.29, 0.717) is 12.5 Å². The van der Waals surface area contributed by atoms with E-state index in [9.17, 15) is 5.11 Å². The first kappa shape index (κ1) is 15.5. The molecule has 0 aromatic heterocycles. The fourth-order valence-corrected chi connectivity index (χ4v) is 3.03. The molecule has 2 rings (SSSR count). The molecule has 3 heteroatoms. The monoisotopic (exact) mass is 335 g/mol. The average Bonchev–Trinajstić information content (AvgIpc) is 2.43. The minimum atomic E-state index is -0.490. The van der Waals surface area contributed by atoms with Gasteiger partial charge < -0.3 is 10.8 Å². The fourth-order valence-electron chi connectivity index (χ4n) is 2.65. The lowest BCUT2D eigenvalue weighted by atomic mass is 9.88. The third kappa shape index (κ3) is 3.60. The Labute approximate surface area is 129 Å². The lowest BCUT2D eigenvalue weighted by Crippen LogP contribution is -2.23. The fraction of sp³-hybridized carbons (Fsp3) is 0.412. The molecule has 0 aliphatic rings. The lowest BCUT2D eigenvalue weighted by Gasteiger charge is -2.23. The molecule has 0 aliphatic heterocycles. The predicted octanol–water partition coefficient (Wildman–Crippen LogP) is 4.26. The van der Waals surface area contributed by atoms with Gasteiger partial charge in [-0.15, -0.1) is 0 Å². The zero-order chi connectivity index (χ0) is 14.7. The maximum atomic E-state index is 10.6. The summed E-state index contributed by atoms with van der Waals surface area (Å²) in [5.41, 5.74) is 6.78. The Balaban J connectivity index is 2.29. The van der Waals surface area contributed by atoms with Gasteiger partial charge >= 0.3 is 0 Å². The Bertz CT molecular complexity index is 582. The summed E-state index contributed by atoms with van der Waals surface area (Å²) in [5.74, 6) is 0.650. The van der Waals surface area contributed by atoms with Gasteiger partial charge in [0, 0.05) is 10.4 Å². The zero-order valence-electron chi connectivity index (χ0n) is 12.0. The molecule has 0 fully saturated rings. The largest absolute Gasteiger partial charge is 0.388 e. The van der Waals surface area contributed by atoms with E-state index >= 15 is 0 Å². The highest BCUT2D eigenvalue weighted by atomic mass is 79.9. The van der Waals surface area contributed by atoms with Gasteiger partial charge in [-0.25, -0.2) is 0 Å². The molecule has 0 aliphatic carbocycles. The van der Waals surface area contributed by atoms with Crippen LogP contribution in [-0.4, -0.2) is 11.7 Å². The molecule has 108 valence electrons. The minimum Gasteiger partial charge on any atom is -0.388 e. The zero-order valence-corrected chi connectivity index (χ0v) is 13.6. The molecule has 2 atom stereocenters. The molecular weight excluding hydrogens is 314 g/mol. The Morgan fingerprint density at radius 1 is 1.10 bits per heavy atom. The van der Waals surface area contributed by atoms with Crippen molar-refractivity contribution in [2.75, 3.05) is 6.54 Å². The van der Waals surface area contributed by atoms with Crippen molar-refractivity contribution in [3.8, 4) is 0 Å². The van der Waals surface area contributed by atoms with E-state index in [1.165, 1.54) is 5.39 Å². The van der Waals surface area contributed by atoms with E-state index in [0.717, 1.165) is 21.8 Å². The second-order valence-electron chi connectivity index (χ2n) is 5.82. The highest BCUT2D eigenvalue weighted by molar-refractivity contribution is 9.10. The average molecular weight is 336 g/mol. The van der Waals surface area contributed by atoms with Crippen molar-refractivity contribution in [2.24, 2.45) is 17.6 Å². The molecular formula is C17H22BrNO. The van der Waals surface area contributed by atoms with Gasteiger partial charge in [0.15, 0.2) is 0 Å². The molecule has 0 heterocycles. The first-order valence-corrected chi connectivity index (χ1v) is 7.88. The Morgan fingerprint density at radius 2 is 1.75 bits per heavy atom. The molecule has 2 aromatic carbocycles. The summed E-state index contributed by atoms with van der Waals surface area (Å²) >= 11 is 3.48. The normalized spacial score (nSPS) is 14.7. The van der Waals surface area contributed by atoms with Gasteiger partial charge in [0.2, 0.25) is 0 Å². The Morgan fingerprint density at radius 3 is 2.40 bits per heavy atom. The van der Waals surface area contributed by atoms with Gasteiger partial charge in [-0.2, -0.15) is 0 Å². The van der Waals surface area contributed by atoms with Crippen molar-refractivity contribution in [1.82, 2.24) is 0 Å². The van der Waals surface area contributed by atoms with Crippen molar-refractivity contribution in [3.63, 3.8) is 0 Å². The molecule has 2 nitrogen and oxygen atoms in total. The van der Waals surface area contributed by atoms with Crippen LogP contribution >= 0.6 is 15.9 Å². The SMILES string of the molecule is CC(C)CC(CN)C(O)c1ccc2cc(Br)ccc2c1. The number of nitrogens with two attached hydrogens (primary N) is 1. The Kier molecular flexibility index (Phi) is 5.19. The van der Waals surface area contributed by atoms with Crippen LogP contribution in [-0.2, 0) is 0 Å². The molecule has 2 unspecified atom stereocenters. The van der Waals surface area contributed by atoms with E-state index in [1.54, 1.807) is 0 Å². The van der Waals surface area contributed by atoms with Crippen molar-refractivity contribution in [3.05, 3.63) is 46.4 Å². The molecule has 3 N–H and O–H groups in total. The Hall–Kier alpha value is -0.900. The first-order chi connectivity index (χ1) is 9.51. The van der Waals surface area contributed by atoms with Crippen LogP contribution in [0.2, 0.25) is 0 Å². The van der Waals surface area contributed by atoms with Gasteiger partial charge in [-0.3, -0.25) is 0 Å². The summed E-state index contributed by atoms with van der Waals surface area (Å²) in [6.45, 7) is 4.83. The van der Waals surface area contributed by atoms with Crippen LogP contribution in [0.4, 0.5) is 0 Å². The molecule has 0 bridgehead atoms. The summed E-state index contributed by atoms with van der Waals surface area (Å²) in [4.78, 5) is 0. The topological polar surface area (TPSA) is 46.2 Å². The van der Waals surface area contributed by atoms with Gasteiger partial charge in [-0.1, -0.05) is 48.0 Å². The molecule has 0 saturated carbocycles. The number of aliphatic hydroxyl groups excluding tert-OH is 1. The summed E-state index contributed by atoms with van der Waals surface area (Å²) in [6, 6.07) is 12.3. The summed E-state index contributed by atoms with van der Waals surface area (Å²) in [5, 5.41) is 12.9. The van der Waals surface area contributed by atoms with E-state index in [-0.39, 0.29) is 5.92 Å².